The Labute approximate surface area is 118 Å². The SMILES string of the molecule is Cc1ccccc1C(COCc1ccccc1)C(=O)O. The molecule has 0 aliphatic carbocycles. The van der Waals surface area contributed by atoms with Crippen molar-refractivity contribution < 1.29 is 14.6 Å². The average Bonchev–Trinajstić information content (AvgIpc) is 2.45. The fourth-order valence-electron chi connectivity index (χ4n) is 2.14. The van der Waals surface area contributed by atoms with Gasteiger partial charge in [-0.2, -0.15) is 0 Å². The fourth-order valence-corrected chi connectivity index (χ4v) is 2.14. The predicted molar refractivity (Wildman–Crippen MR) is 77.7 cm³/mol. The molecule has 1 N–H and O–H groups in total. The zero-order valence-electron chi connectivity index (χ0n) is 11.5. The summed E-state index contributed by atoms with van der Waals surface area (Å²) in [5.41, 5.74) is 2.83. The van der Waals surface area contributed by atoms with E-state index in [0.717, 1.165) is 16.7 Å². The maximum atomic E-state index is 11.4. The summed E-state index contributed by atoms with van der Waals surface area (Å²) in [7, 11) is 0. The summed E-state index contributed by atoms with van der Waals surface area (Å²) in [6.45, 7) is 2.52. The number of aryl methyl sites for hydroxylation is 1. The first-order valence-corrected chi connectivity index (χ1v) is 6.58. The van der Waals surface area contributed by atoms with E-state index in [9.17, 15) is 9.90 Å². The summed E-state index contributed by atoms with van der Waals surface area (Å²) >= 11 is 0. The second kappa shape index (κ2) is 6.87. The van der Waals surface area contributed by atoms with Crippen LogP contribution in [0, 0.1) is 6.92 Å². The molecule has 0 heterocycles. The zero-order valence-corrected chi connectivity index (χ0v) is 11.5. The number of hydrogen-bond donors (Lipinski definition) is 1. The van der Waals surface area contributed by atoms with Crippen LogP contribution < -0.4 is 0 Å². The van der Waals surface area contributed by atoms with Crippen LogP contribution in [0.3, 0.4) is 0 Å². The van der Waals surface area contributed by atoms with E-state index in [1.165, 1.54) is 0 Å². The van der Waals surface area contributed by atoms with Crippen LogP contribution in [0.15, 0.2) is 54.6 Å². The normalized spacial score (nSPS) is 12.1. The van der Waals surface area contributed by atoms with Gasteiger partial charge in [0.15, 0.2) is 0 Å². The summed E-state index contributed by atoms with van der Waals surface area (Å²) in [6, 6.07) is 17.3. The third-order valence-corrected chi connectivity index (χ3v) is 3.26. The highest BCUT2D eigenvalue weighted by atomic mass is 16.5. The van der Waals surface area contributed by atoms with Gasteiger partial charge < -0.3 is 9.84 Å². The van der Waals surface area contributed by atoms with Crippen LogP contribution in [0.25, 0.3) is 0 Å². The number of aliphatic carboxylic acids is 1. The Morgan fingerprint density at radius 3 is 2.40 bits per heavy atom. The van der Waals surface area contributed by atoms with E-state index in [0.29, 0.717) is 6.61 Å². The molecule has 2 aromatic rings. The zero-order chi connectivity index (χ0) is 14.4. The molecule has 1 atom stereocenters. The molecule has 0 aromatic heterocycles. The van der Waals surface area contributed by atoms with Gasteiger partial charge in [-0.3, -0.25) is 4.79 Å². The molecule has 0 aliphatic rings. The maximum Gasteiger partial charge on any atom is 0.313 e. The number of carboxylic acid groups (broad SMARTS) is 1. The maximum absolute atomic E-state index is 11.4. The van der Waals surface area contributed by atoms with Crippen molar-refractivity contribution in [1.29, 1.82) is 0 Å². The Balaban J connectivity index is 2.01. The van der Waals surface area contributed by atoms with Gasteiger partial charge in [0.1, 0.15) is 5.92 Å². The predicted octanol–water partition coefficient (Wildman–Crippen LogP) is 3.38. The minimum Gasteiger partial charge on any atom is -0.481 e. The number of rotatable bonds is 6. The molecule has 20 heavy (non-hydrogen) atoms. The minimum atomic E-state index is -0.854. The monoisotopic (exact) mass is 270 g/mol. The molecule has 0 aliphatic heterocycles. The van der Waals surface area contributed by atoms with Crippen molar-refractivity contribution in [1.82, 2.24) is 0 Å². The standard InChI is InChI=1S/C17H18O3/c1-13-7-5-6-10-15(13)16(17(18)19)12-20-11-14-8-3-2-4-9-14/h2-10,16H,11-12H2,1H3,(H,18,19). The van der Waals surface area contributed by atoms with Crippen molar-refractivity contribution in [3.05, 3.63) is 71.3 Å². The van der Waals surface area contributed by atoms with E-state index in [4.69, 9.17) is 4.74 Å². The Hall–Kier alpha value is -2.13. The van der Waals surface area contributed by atoms with Gasteiger partial charge in [-0.15, -0.1) is 0 Å². The minimum absolute atomic E-state index is 0.176. The molecule has 2 aromatic carbocycles. The topological polar surface area (TPSA) is 46.5 Å². The van der Waals surface area contributed by atoms with Gasteiger partial charge in [0.2, 0.25) is 0 Å². The quantitative estimate of drug-likeness (QED) is 0.875. The molecule has 0 bridgehead atoms. The summed E-state index contributed by atoms with van der Waals surface area (Å²) in [6.07, 6.45) is 0. The second-order valence-corrected chi connectivity index (χ2v) is 4.75. The molecule has 0 radical (unpaired) electrons. The van der Waals surface area contributed by atoms with Crippen LogP contribution in [0.1, 0.15) is 22.6 Å². The van der Waals surface area contributed by atoms with Gasteiger partial charge in [0.25, 0.3) is 0 Å². The van der Waals surface area contributed by atoms with Gasteiger partial charge >= 0.3 is 5.97 Å². The first kappa shape index (κ1) is 14.3. The lowest BCUT2D eigenvalue weighted by Crippen LogP contribution is -2.18. The Kier molecular flexibility index (Phi) is 4.91. The van der Waals surface area contributed by atoms with Crippen LogP contribution in [0.2, 0.25) is 0 Å². The third-order valence-electron chi connectivity index (χ3n) is 3.26. The number of carbonyl (C=O) groups is 1. The Morgan fingerprint density at radius 2 is 1.75 bits per heavy atom. The number of hydrogen-bond acceptors (Lipinski definition) is 2. The molecule has 0 fully saturated rings. The smallest absolute Gasteiger partial charge is 0.313 e. The van der Waals surface area contributed by atoms with Gasteiger partial charge in [0, 0.05) is 0 Å². The van der Waals surface area contributed by atoms with Gasteiger partial charge in [-0.1, -0.05) is 54.6 Å². The van der Waals surface area contributed by atoms with E-state index >= 15 is 0 Å². The van der Waals surface area contributed by atoms with E-state index in [1.54, 1.807) is 0 Å². The first-order valence-electron chi connectivity index (χ1n) is 6.58. The lowest BCUT2D eigenvalue weighted by molar-refractivity contribution is -0.140. The van der Waals surface area contributed by atoms with E-state index in [2.05, 4.69) is 0 Å². The highest BCUT2D eigenvalue weighted by molar-refractivity contribution is 5.76. The molecule has 0 spiro atoms. The van der Waals surface area contributed by atoms with E-state index in [1.807, 2.05) is 61.5 Å². The van der Waals surface area contributed by atoms with Crippen LogP contribution in [-0.2, 0) is 16.1 Å². The van der Waals surface area contributed by atoms with Gasteiger partial charge in [-0.25, -0.2) is 0 Å². The highest BCUT2D eigenvalue weighted by Crippen LogP contribution is 2.21. The molecule has 0 amide bonds. The summed E-state index contributed by atoms with van der Waals surface area (Å²) in [4.78, 5) is 11.4. The molecular weight excluding hydrogens is 252 g/mol. The molecule has 104 valence electrons. The van der Waals surface area contributed by atoms with Crippen molar-refractivity contribution in [2.24, 2.45) is 0 Å². The van der Waals surface area contributed by atoms with Crippen molar-refractivity contribution in [2.45, 2.75) is 19.4 Å². The van der Waals surface area contributed by atoms with Crippen molar-refractivity contribution >= 4 is 5.97 Å². The first-order chi connectivity index (χ1) is 9.68. The third kappa shape index (κ3) is 3.68. The van der Waals surface area contributed by atoms with Crippen molar-refractivity contribution in [2.75, 3.05) is 6.61 Å². The van der Waals surface area contributed by atoms with Crippen LogP contribution >= 0.6 is 0 Å². The largest absolute Gasteiger partial charge is 0.481 e. The van der Waals surface area contributed by atoms with E-state index < -0.39 is 11.9 Å². The molecule has 3 heteroatoms. The van der Waals surface area contributed by atoms with Crippen molar-refractivity contribution in [3.63, 3.8) is 0 Å². The fraction of sp³-hybridized carbons (Fsp3) is 0.235. The number of carboxylic acids is 1. The second-order valence-electron chi connectivity index (χ2n) is 4.75. The molecule has 0 saturated carbocycles. The summed E-state index contributed by atoms with van der Waals surface area (Å²) in [5, 5.41) is 9.37. The van der Waals surface area contributed by atoms with E-state index in [-0.39, 0.29) is 6.61 Å². The highest BCUT2D eigenvalue weighted by Gasteiger charge is 2.21. The number of benzene rings is 2. The average molecular weight is 270 g/mol. The van der Waals surface area contributed by atoms with Gasteiger partial charge in [-0.05, 0) is 23.6 Å². The lowest BCUT2D eigenvalue weighted by atomic mass is 9.96. The molecule has 3 nitrogen and oxygen atoms in total. The molecular formula is C17H18O3. The Bertz CT molecular complexity index is 563. The van der Waals surface area contributed by atoms with Gasteiger partial charge in [0.05, 0.1) is 13.2 Å². The lowest BCUT2D eigenvalue weighted by Gasteiger charge is -2.15. The molecule has 2 rings (SSSR count). The van der Waals surface area contributed by atoms with Crippen LogP contribution in [-0.4, -0.2) is 17.7 Å². The van der Waals surface area contributed by atoms with Crippen LogP contribution in [0.5, 0.6) is 0 Å². The summed E-state index contributed by atoms with van der Waals surface area (Å²) < 4.78 is 5.57. The van der Waals surface area contributed by atoms with Crippen molar-refractivity contribution in [3.8, 4) is 0 Å². The number of ether oxygens (including phenoxy) is 1. The summed E-state index contributed by atoms with van der Waals surface area (Å²) in [5.74, 6) is -1.48. The molecule has 1 unspecified atom stereocenters. The molecule has 0 saturated heterocycles. The Morgan fingerprint density at radius 1 is 1.10 bits per heavy atom. The van der Waals surface area contributed by atoms with Crippen LogP contribution in [0.4, 0.5) is 0 Å².